The second-order valence-corrected chi connectivity index (χ2v) is 5.29. The number of anilines is 1. The molecule has 0 atom stereocenters. The number of nitrogens with zero attached hydrogens (tertiary/aromatic N) is 4. The summed E-state index contributed by atoms with van der Waals surface area (Å²) in [6.07, 6.45) is 4.94. The van der Waals surface area contributed by atoms with Crippen LogP contribution in [0.15, 0.2) is 48.9 Å². The van der Waals surface area contributed by atoms with Crippen molar-refractivity contribution < 1.29 is 4.79 Å². The minimum absolute atomic E-state index is 0.195. The van der Waals surface area contributed by atoms with Crippen LogP contribution in [0.3, 0.4) is 0 Å². The number of aromatic nitrogens is 4. The molecule has 0 aliphatic heterocycles. The van der Waals surface area contributed by atoms with Gasteiger partial charge in [0.25, 0.3) is 5.91 Å². The first kappa shape index (κ1) is 14.3. The van der Waals surface area contributed by atoms with Crippen molar-refractivity contribution in [3.05, 3.63) is 65.2 Å². The molecule has 6 nitrogen and oxygen atoms in total. The van der Waals surface area contributed by atoms with E-state index >= 15 is 0 Å². The van der Waals surface area contributed by atoms with E-state index < -0.39 is 0 Å². The Bertz CT molecular complexity index is 808. The molecule has 0 aliphatic carbocycles. The third-order valence-electron chi connectivity index (χ3n) is 3.18. The maximum atomic E-state index is 12.2. The van der Waals surface area contributed by atoms with Crippen LogP contribution in [0.1, 0.15) is 16.1 Å². The average molecular weight is 316 g/mol. The van der Waals surface area contributed by atoms with Crippen LogP contribution in [-0.2, 0) is 13.6 Å². The number of carbonyl (C=O) groups is 1. The summed E-state index contributed by atoms with van der Waals surface area (Å²) in [5, 5.41) is 11.6. The summed E-state index contributed by atoms with van der Waals surface area (Å²) in [5.41, 5.74) is 2.24. The first-order valence-electron chi connectivity index (χ1n) is 6.68. The normalized spacial score (nSPS) is 10.6. The first-order chi connectivity index (χ1) is 10.6. The zero-order valence-corrected chi connectivity index (χ0v) is 12.7. The van der Waals surface area contributed by atoms with Gasteiger partial charge in [-0.3, -0.25) is 14.2 Å². The molecule has 1 N–H and O–H groups in total. The van der Waals surface area contributed by atoms with E-state index in [1.165, 1.54) is 4.68 Å². The predicted octanol–water partition coefficient (Wildman–Crippen LogP) is 2.57. The summed E-state index contributed by atoms with van der Waals surface area (Å²) in [4.78, 5) is 12.2. The molecule has 0 bridgehead atoms. The van der Waals surface area contributed by atoms with Crippen molar-refractivity contribution in [1.29, 1.82) is 0 Å². The van der Waals surface area contributed by atoms with Gasteiger partial charge in [-0.2, -0.15) is 10.2 Å². The van der Waals surface area contributed by atoms with Gasteiger partial charge in [0.05, 0.1) is 17.8 Å². The topological polar surface area (TPSA) is 64.7 Å². The van der Waals surface area contributed by atoms with E-state index in [9.17, 15) is 4.79 Å². The first-order valence-corrected chi connectivity index (χ1v) is 7.06. The van der Waals surface area contributed by atoms with E-state index in [-0.39, 0.29) is 5.91 Å². The van der Waals surface area contributed by atoms with Crippen LogP contribution in [0, 0.1) is 0 Å². The summed E-state index contributed by atoms with van der Waals surface area (Å²) >= 11 is 5.85. The van der Waals surface area contributed by atoms with E-state index in [4.69, 9.17) is 11.6 Å². The highest BCUT2D eigenvalue weighted by Gasteiger charge is 2.10. The zero-order chi connectivity index (χ0) is 15.5. The zero-order valence-electron chi connectivity index (χ0n) is 11.9. The smallest absolute Gasteiger partial charge is 0.273 e. The molecular weight excluding hydrogens is 302 g/mol. The number of benzene rings is 1. The van der Waals surface area contributed by atoms with Gasteiger partial charge >= 0.3 is 0 Å². The predicted molar refractivity (Wildman–Crippen MR) is 83.9 cm³/mol. The van der Waals surface area contributed by atoms with Crippen molar-refractivity contribution in [3.63, 3.8) is 0 Å². The molecule has 7 heteroatoms. The van der Waals surface area contributed by atoms with Gasteiger partial charge in [-0.15, -0.1) is 0 Å². The molecule has 0 saturated carbocycles. The standard InChI is InChI=1S/C15H14ClN5O/c1-20-14(5-6-17-20)15(22)19-13-4-2-3-11(7-13)9-21-10-12(16)8-18-21/h2-8,10H,9H2,1H3,(H,19,22). The summed E-state index contributed by atoms with van der Waals surface area (Å²) in [5.74, 6) is -0.195. The van der Waals surface area contributed by atoms with Crippen LogP contribution in [-0.4, -0.2) is 25.5 Å². The average Bonchev–Trinajstić information content (AvgIpc) is 3.08. The van der Waals surface area contributed by atoms with Gasteiger partial charge < -0.3 is 5.32 Å². The van der Waals surface area contributed by atoms with Crippen molar-refractivity contribution in [2.24, 2.45) is 7.05 Å². The molecule has 0 aliphatic rings. The van der Waals surface area contributed by atoms with Crippen molar-refractivity contribution >= 4 is 23.2 Å². The molecule has 112 valence electrons. The van der Waals surface area contributed by atoms with Gasteiger partial charge in [-0.05, 0) is 23.8 Å². The number of nitrogens with one attached hydrogen (secondary N) is 1. The molecular formula is C15H14ClN5O. The Kier molecular flexibility index (Phi) is 3.93. The highest BCUT2D eigenvalue weighted by molar-refractivity contribution is 6.30. The number of rotatable bonds is 4. The van der Waals surface area contributed by atoms with Gasteiger partial charge in [0.1, 0.15) is 5.69 Å². The number of hydrogen-bond donors (Lipinski definition) is 1. The maximum absolute atomic E-state index is 12.2. The highest BCUT2D eigenvalue weighted by Crippen LogP contribution is 2.14. The summed E-state index contributed by atoms with van der Waals surface area (Å²) < 4.78 is 3.27. The Labute approximate surface area is 132 Å². The van der Waals surface area contributed by atoms with E-state index in [0.717, 1.165) is 11.3 Å². The Hall–Kier alpha value is -2.60. The molecule has 2 heterocycles. The van der Waals surface area contributed by atoms with Crippen molar-refractivity contribution in [2.45, 2.75) is 6.54 Å². The van der Waals surface area contributed by atoms with Crippen molar-refractivity contribution in [2.75, 3.05) is 5.32 Å². The Morgan fingerprint density at radius 2 is 2.18 bits per heavy atom. The lowest BCUT2D eigenvalue weighted by Gasteiger charge is -2.08. The summed E-state index contributed by atoms with van der Waals surface area (Å²) in [6.45, 7) is 0.585. The number of halogens is 1. The minimum atomic E-state index is -0.195. The molecule has 3 rings (SSSR count). The SMILES string of the molecule is Cn1nccc1C(=O)Nc1cccc(Cn2cc(Cl)cn2)c1. The van der Waals surface area contributed by atoms with Crippen LogP contribution < -0.4 is 5.32 Å². The largest absolute Gasteiger partial charge is 0.321 e. The molecule has 0 fully saturated rings. The van der Waals surface area contributed by atoms with Crippen LogP contribution in [0.2, 0.25) is 5.02 Å². The third kappa shape index (κ3) is 3.17. The van der Waals surface area contributed by atoms with Crippen LogP contribution in [0.25, 0.3) is 0 Å². The quantitative estimate of drug-likeness (QED) is 0.804. The Morgan fingerprint density at radius 3 is 2.86 bits per heavy atom. The van der Waals surface area contributed by atoms with E-state index in [1.54, 1.807) is 36.4 Å². The van der Waals surface area contributed by atoms with Gasteiger partial charge in [0, 0.05) is 25.1 Å². The van der Waals surface area contributed by atoms with Crippen LogP contribution in [0.4, 0.5) is 5.69 Å². The van der Waals surface area contributed by atoms with E-state index in [0.29, 0.717) is 17.3 Å². The maximum Gasteiger partial charge on any atom is 0.273 e. The monoisotopic (exact) mass is 315 g/mol. The molecule has 0 radical (unpaired) electrons. The number of carbonyl (C=O) groups excluding carboxylic acids is 1. The fourth-order valence-corrected chi connectivity index (χ4v) is 2.31. The van der Waals surface area contributed by atoms with Crippen molar-refractivity contribution in [3.8, 4) is 0 Å². The van der Waals surface area contributed by atoms with Gasteiger partial charge in [-0.25, -0.2) is 0 Å². The molecule has 22 heavy (non-hydrogen) atoms. The molecule has 1 aromatic carbocycles. The highest BCUT2D eigenvalue weighted by atomic mass is 35.5. The lowest BCUT2D eigenvalue weighted by Crippen LogP contribution is -2.16. The summed E-state index contributed by atoms with van der Waals surface area (Å²) in [6, 6.07) is 9.28. The minimum Gasteiger partial charge on any atom is -0.321 e. The third-order valence-corrected chi connectivity index (χ3v) is 3.38. The summed E-state index contributed by atoms with van der Waals surface area (Å²) in [7, 11) is 1.73. The number of amides is 1. The van der Waals surface area contributed by atoms with Gasteiger partial charge in [0.15, 0.2) is 0 Å². The molecule has 0 saturated heterocycles. The molecule has 3 aromatic rings. The fourth-order valence-electron chi connectivity index (χ4n) is 2.15. The van der Waals surface area contributed by atoms with E-state index in [1.807, 2.05) is 24.3 Å². The van der Waals surface area contributed by atoms with Crippen molar-refractivity contribution in [1.82, 2.24) is 19.6 Å². The second-order valence-electron chi connectivity index (χ2n) is 4.85. The lowest BCUT2D eigenvalue weighted by molar-refractivity contribution is 0.101. The lowest BCUT2D eigenvalue weighted by atomic mass is 10.2. The fraction of sp³-hybridized carbons (Fsp3) is 0.133. The Morgan fingerprint density at radius 1 is 1.32 bits per heavy atom. The Balaban J connectivity index is 1.74. The number of hydrogen-bond acceptors (Lipinski definition) is 3. The second kappa shape index (κ2) is 6.03. The molecule has 0 spiro atoms. The number of aryl methyl sites for hydroxylation is 1. The van der Waals surface area contributed by atoms with Crippen LogP contribution >= 0.6 is 11.6 Å². The van der Waals surface area contributed by atoms with Gasteiger partial charge in [-0.1, -0.05) is 23.7 Å². The molecule has 2 aromatic heterocycles. The van der Waals surface area contributed by atoms with E-state index in [2.05, 4.69) is 15.5 Å². The molecule has 0 unspecified atom stereocenters. The molecule has 1 amide bonds. The van der Waals surface area contributed by atoms with Crippen LogP contribution in [0.5, 0.6) is 0 Å². The van der Waals surface area contributed by atoms with Gasteiger partial charge in [0.2, 0.25) is 0 Å².